The molecule has 4 nitrogen and oxygen atoms in total. The summed E-state index contributed by atoms with van der Waals surface area (Å²) < 4.78 is 0. The highest BCUT2D eigenvalue weighted by molar-refractivity contribution is 5.98. The van der Waals surface area contributed by atoms with Gasteiger partial charge in [0.25, 0.3) is 0 Å². The Balaban J connectivity index is 2.14. The molecule has 0 heterocycles. The van der Waals surface area contributed by atoms with Gasteiger partial charge in [-0.25, -0.2) is 0 Å². The molecule has 0 fully saturated rings. The first kappa shape index (κ1) is 12.0. The van der Waals surface area contributed by atoms with Crippen molar-refractivity contribution in [1.82, 2.24) is 5.48 Å². The minimum absolute atomic E-state index is 0.308. The summed E-state index contributed by atoms with van der Waals surface area (Å²) in [5.74, 6) is 0.308. The van der Waals surface area contributed by atoms with Crippen LogP contribution in [0.4, 0.5) is 0 Å². The van der Waals surface area contributed by atoms with Crippen LogP contribution >= 0.6 is 0 Å². The minimum Gasteiger partial charge on any atom is -0.290 e. The van der Waals surface area contributed by atoms with Gasteiger partial charge in [-0.05, 0) is 5.56 Å². The van der Waals surface area contributed by atoms with Crippen molar-refractivity contribution in [3.05, 3.63) is 71.8 Å². The molecule has 0 aliphatic heterocycles. The summed E-state index contributed by atoms with van der Waals surface area (Å²) in [6.07, 6.45) is 1.63. The van der Waals surface area contributed by atoms with Crippen molar-refractivity contribution in [3.63, 3.8) is 0 Å². The fraction of sp³-hybridized carbons (Fsp3) is 0. The lowest BCUT2D eigenvalue weighted by Gasteiger charge is -2.01. The van der Waals surface area contributed by atoms with Gasteiger partial charge in [-0.2, -0.15) is 5.10 Å². The molecule has 4 heteroatoms. The molecule has 0 saturated heterocycles. The average molecular weight is 239 g/mol. The highest BCUT2D eigenvalue weighted by Crippen LogP contribution is 2.00. The van der Waals surface area contributed by atoms with Gasteiger partial charge in [0, 0.05) is 5.56 Å². The van der Waals surface area contributed by atoms with Crippen molar-refractivity contribution in [2.75, 3.05) is 0 Å². The van der Waals surface area contributed by atoms with E-state index in [1.165, 1.54) is 0 Å². The summed E-state index contributed by atoms with van der Waals surface area (Å²) in [6.45, 7) is 0. The third kappa shape index (κ3) is 3.26. The van der Waals surface area contributed by atoms with Crippen molar-refractivity contribution in [2.24, 2.45) is 10.2 Å². The maximum Gasteiger partial charge on any atom is 0.179 e. The molecule has 0 saturated carbocycles. The molecule has 2 rings (SSSR count). The number of nitrogens with one attached hydrogen (secondary N) is 1. The van der Waals surface area contributed by atoms with E-state index in [0.29, 0.717) is 5.84 Å². The minimum atomic E-state index is 0.308. The second-order valence-electron chi connectivity index (χ2n) is 3.58. The lowest BCUT2D eigenvalue weighted by atomic mass is 10.2. The van der Waals surface area contributed by atoms with Gasteiger partial charge >= 0.3 is 0 Å². The largest absolute Gasteiger partial charge is 0.290 e. The van der Waals surface area contributed by atoms with Crippen LogP contribution < -0.4 is 5.48 Å². The predicted octanol–water partition coefficient (Wildman–Crippen LogP) is 2.45. The van der Waals surface area contributed by atoms with Crippen LogP contribution in [0.2, 0.25) is 0 Å². The molecular weight excluding hydrogens is 226 g/mol. The normalized spacial score (nSPS) is 11.7. The Labute approximate surface area is 105 Å². The lowest BCUT2D eigenvalue weighted by molar-refractivity contribution is 0.234. The van der Waals surface area contributed by atoms with Crippen LogP contribution in [0, 0.1) is 0 Å². The zero-order valence-electron chi connectivity index (χ0n) is 9.69. The number of rotatable bonds is 3. The van der Waals surface area contributed by atoms with E-state index in [1.807, 2.05) is 66.1 Å². The van der Waals surface area contributed by atoms with Gasteiger partial charge in [0.1, 0.15) is 0 Å². The Morgan fingerprint density at radius 2 is 1.56 bits per heavy atom. The van der Waals surface area contributed by atoms with Crippen molar-refractivity contribution in [2.45, 2.75) is 0 Å². The molecule has 0 aromatic heterocycles. The highest BCUT2D eigenvalue weighted by Gasteiger charge is 1.99. The van der Waals surface area contributed by atoms with Gasteiger partial charge in [0.15, 0.2) is 5.84 Å². The fourth-order valence-corrected chi connectivity index (χ4v) is 1.43. The van der Waals surface area contributed by atoms with Crippen molar-refractivity contribution in [1.29, 1.82) is 0 Å². The topological polar surface area (TPSA) is 57.0 Å². The van der Waals surface area contributed by atoms with Crippen LogP contribution in [-0.2, 0) is 0 Å². The molecule has 0 aliphatic rings. The van der Waals surface area contributed by atoms with Crippen LogP contribution in [0.25, 0.3) is 0 Å². The van der Waals surface area contributed by atoms with E-state index in [2.05, 4.69) is 10.2 Å². The Bertz CT molecular complexity index is 535. The van der Waals surface area contributed by atoms with E-state index in [4.69, 9.17) is 5.21 Å². The third-order valence-electron chi connectivity index (χ3n) is 2.32. The van der Waals surface area contributed by atoms with E-state index in [0.717, 1.165) is 11.1 Å². The molecule has 0 radical (unpaired) electrons. The zero-order chi connectivity index (χ0) is 12.6. The number of hydrogen-bond donors (Lipinski definition) is 2. The van der Waals surface area contributed by atoms with Crippen LogP contribution in [0.5, 0.6) is 0 Å². The smallest absolute Gasteiger partial charge is 0.179 e. The summed E-state index contributed by atoms with van der Waals surface area (Å²) in [5, 5.41) is 16.9. The molecule has 0 atom stereocenters. The molecule has 0 amide bonds. The molecule has 2 N–H and O–H groups in total. The summed E-state index contributed by atoms with van der Waals surface area (Å²) in [7, 11) is 0. The SMILES string of the molecule is ONC(=NN=Cc1ccccc1)c1ccccc1. The van der Waals surface area contributed by atoms with E-state index < -0.39 is 0 Å². The molecule has 18 heavy (non-hydrogen) atoms. The lowest BCUT2D eigenvalue weighted by Crippen LogP contribution is -2.19. The van der Waals surface area contributed by atoms with Crippen molar-refractivity contribution in [3.8, 4) is 0 Å². The van der Waals surface area contributed by atoms with E-state index >= 15 is 0 Å². The first-order valence-corrected chi connectivity index (χ1v) is 5.52. The number of nitrogens with zero attached hydrogens (tertiary/aromatic N) is 2. The standard InChI is InChI=1S/C14H13N3O/c18-17-14(13-9-5-2-6-10-13)16-15-11-12-7-3-1-4-8-12/h1-11,18H,(H,16,17). The Hall–Kier alpha value is -2.46. The molecule has 0 spiro atoms. The Morgan fingerprint density at radius 3 is 2.17 bits per heavy atom. The van der Waals surface area contributed by atoms with E-state index in [-0.39, 0.29) is 0 Å². The molecular formula is C14H13N3O. The molecule has 0 aliphatic carbocycles. The molecule has 2 aromatic carbocycles. The summed E-state index contributed by atoms with van der Waals surface area (Å²) in [4.78, 5) is 0. The maximum absolute atomic E-state index is 9.02. The maximum atomic E-state index is 9.02. The Morgan fingerprint density at radius 1 is 0.944 bits per heavy atom. The van der Waals surface area contributed by atoms with Crippen molar-refractivity contribution >= 4 is 12.1 Å². The molecule has 0 unspecified atom stereocenters. The van der Waals surface area contributed by atoms with Crippen LogP contribution in [0.15, 0.2) is 70.9 Å². The van der Waals surface area contributed by atoms with Gasteiger partial charge in [-0.15, -0.1) is 5.10 Å². The van der Waals surface area contributed by atoms with Crippen LogP contribution in [0.3, 0.4) is 0 Å². The van der Waals surface area contributed by atoms with Crippen molar-refractivity contribution < 1.29 is 5.21 Å². The predicted molar refractivity (Wildman–Crippen MR) is 71.9 cm³/mol. The van der Waals surface area contributed by atoms with Gasteiger partial charge < -0.3 is 0 Å². The van der Waals surface area contributed by atoms with Gasteiger partial charge in [0.05, 0.1) is 6.21 Å². The van der Waals surface area contributed by atoms with Crippen LogP contribution in [0.1, 0.15) is 11.1 Å². The Kier molecular flexibility index (Phi) is 4.22. The number of benzene rings is 2. The molecule has 0 bridgehead atoms. The summed E-state index contributed by atoms with van der Waals surface area (Å²) >= 11 is 0. The van der Waals surface area contributed by atoms with Gasteiger partial charge in [-0.1, -0.05) is 60.7 Å². The second kappa shape index (κ2) is 6.32. The average Bonchev–Trinajstić information content (AvgIpc) is 2.46. The van der Waals surface area contributed by atoms with E-state index in [9.17, 15) is 0 Å². The summed E-state index contributed by atoms with van der Waals surface area (Å²) in [6, 6.07) is 18.9. The molecule has 2 aromatic rings. The first-order valence-electron chi connectivity index (χ1n) is 5.52. The number of hydrogen-bond acceptors (Lipinski definition) is 3. The fourth-order valence-electron chi connectivity index (χ4n) is 1.43. The first-order chi connectivity index (χ1) is 8.90. The second-order valence-corrected chi connectivity index (χ2v) is 3.58. The zero-order valence-corrected chi connectivity index (χ0v) is 9.69. The van der Waals surface area contributed by atoms with Gasteiger partial charge in [-0.3, -0.25) is 10.7 Å². The van der Waals surface area contributed by atoms with E-state index in [1.54, 1.807) is 6.21 Å². The molecule has 90 valence electrons. The number of hydroxylamine groups is 1. The third-order valence-corrected chi connectivity index (χ3v) is 2.32. The van der Waals surface area contributed by atoms with Crippen LogP contribution in [-0.4, -0.2) is 17.3 Å². The number of amidine groups is 1. The summed E-state index contributed by atoms with van der Waals surface area (Å²) in [5.41, 5.74) is 3.76. The van der Waals surface area contributed by atoms with Gasteiger partial charge in [0.2, 0.25) is 0 Å². The monoisotopic (exact) mass is 239 g/mol. The highest BCUT2D eigenvalue weighted by atomic mass is 16.5. The quantitative estimate of drug-likeness (QED) is 0.491.